The Labute approximate surface area is 298 Å². The zero-order chi connectivity index (χ0) is 35.8. The Hall–Kier alpha value is -8.22. The van der Waals surface area contributed by atoms with Crippen LogP contribution in [0.15, 0.2) is 121 Å². The minimum Gasteiger partial charge on any atom is -0.248 e. The molecule has 0 saturated heterocycles. The van der Waals surface area contributed by atoms with Gasteiger partial charge in [-0.25, -0.2) is 29.5 Å². The third-order valence-electron chi connectivity index (χ3n) is 8.90. The first kappa shape index (κ1) is 31.1. The van der Waals surface area contributed by atoms with Gasteiger partial charge in [0.2, 0.25) is 0 Å². The number of hydrogen-bond donors (Lipinski definition) is 0. The SMILES string of the molecule is [C-]#[N+]c1ccc(-c2nc3cc([N+]#[C-])c4c(-c5cccc(-c6cc(C#N)cc([N+]#[C-])c6)c5)nc5ccccc5c4c3nc2-c2ccc(C#N)cc2)cc1. The highest BCUT2D eigenvalue weighted by Crippen LogP contribution is 2.44. The molecular weight excluding hydrogens is 641 g/mol. The van der Waals surface area contributed by atoms with Gasteiger partial charge in [0.15, 0.2) is 17.1 Å². The van der Waals surface area contributed by atoms with E-state index in [4.69, 9.17) is 34.7 Å². The summed E-state index contributed by atoms with van der Waals surface area (Å²) in [5.74, 6) is 0. The van der Waals surface area contributed by atoms with E-state index in [1.54, 1.807) is 48.5 Å². The lowest BCUT2D eigenvalue weighted by atomic mass is 9.94. The van der Waals surface area contributed by atoms with Crippen molar-refractivity contribution < 1.29 is 0 Å². The Balaban J connectivity index is 1.46. The number of hydrogen-bond acceptors (Lipinski definition) is 5. The molecule has 0 radical (unpaired) electrons. The van der Waals surface area contributed by atoms with Crippen molar-refractivity contribution in [3.05, 3.63) is 167 Å². The summed E-state index contributed by atoms with van der Waals surface area (Å²) in [7, 11) is 0. The molecule has 236 valence electrons. The van der Waals surface area contributed by atoms with E-state index in [2.05, 4.69) is 26.7 Å². The van der Waals surface area contributed by atoms with Gasteiger partial charge in [-0.3, -0.25) is 0 Å². The van der Waals surface area contributed by atoms with E-state index >= 15 is 0 Å². The van der Waals surface area contributed by atoms with Gasteiger partial charge in [-0.2, -0.15) is 10.5 Å². The van der Waals surface area contributed by atoms with Crippen molar-refractivity contribution in [1.82, 2.24) is 15.0 Å². The molecule has 0 amide bonds. The van der Waals surface area contributed by atoms with Crippen molar-refractivity contribution in [3.63, 3.8) is 0 Å². The zero-order valence-electron chi connectivity index (χ0n) is 27.1. The number of aromatic nitrogens is 3. The highest BCUT2D eigenvalue weighted by atomic mass is 14.8. The maximum absolute atomic E-state index is 9.62. The van der Waals surface area contributed by atoms with Gasteiger partial charge < -0.3 is 0 Å². The first-order chi connectivity index (χ1) is 25.5. The first-order valence-corrected chi connectivity index (χ1v) is 16.0. The van der Waals surface area contributed by atoms with E-state index in [9.17, 15) is 10.5 Å². The molecule has 0 fully saturated rings. The summed E-state index contributed by atoms with van der Waals surface area (Å²) in [5.41, 5.74) is 9.49. The molecule has 0 saturated carbocycles. The second-order valence-electron chi connectivity index (χ2n) is 11.9. The number of nitrogens with zero attached hydrogens (tertiary/aromatic N) is 8. The molecule has 8 rings (SSSR count). The van der Waals surface area contributed by atoms with Gasteiger partial charge in [0, 0.05) is 32.8 Å². The lowest BCUT2D eigenvalue weighted by Gasteiger charge is -2.17. The fraction of sp³-hybridized carbons (Fsp3) is 0. The normalized spacial score (nSPS) is 10.6. The van der Waals surface area contributed by atoms with Crippen LogP contribution in [0.1, 0.15) is 11.1 Å². The largest absolute Gasteiger partial charge is 0.248 e. The standard InChI is InChI=1S/C44H20N8/c1-47-33-17-15-29(16-18-33)42-43(28-13-11-26(24-45)12-14-28)52-44-38(51-42)23-37(49-3)40-39(44)35-9-4-5-10-36(35)50-41(40)31-8-6-7-30(21-31)32-19-27(25-46)20-34(22-32)48-2/h4-23H. The lowest BCUT2D eigenvalue weighted by Crippen LogP contribution is -1.98. The van der Waals surface area contributed by atoms with E-state index in [1.807, 2.05) is 72.8 Å². The third-order valence-corrected chi connectivity index (χ3v) is 8.90. The minimum absolute atomic E-state index is 0.359. The van der Waals surface area contributed by atoms with Crippen molar-refractivity contribution in [3.8, 4) is 57.0 Å². The van der Waals surface area contributed by atoms with Gasteiger partial charge >= 0.3 is 0 Å². The van der Waals surface area contributed by atoms with Crippen LogP contribution in [-0.4, -0.2) is 15.0 Å². The maximum Gasteiger partial charge on any atom is 0.199 e. The van der Waals surface area contributed by atoms with Crippen molar-refractivity contribution in [2.24, 2.45) is 0 Å². The zero-order valence-corrected chi connectivity index (χ0v) is 27.1. The van der Waals surface area contributed by atoms with Gasteiger partial charge in [-0.05, 0) is 65.2 Å². The van der Waals surface area contributed by atoms with Crippen LogP contribution in [0, 0.1) is 42.4 Å². The van der Waals surface area contributed by atoms with E-state index in [1.165, 1.54) is 0 Å². The predicted molar refractivity (Wildman–Crippen MR) is 202 cm³/mol. The summed E-state index contributed by atoms with van der Waals surface area (Å²) in [6.45, 7) is 23.3. The van der Waals surface area contributed by atoms with Crippen LogP contribution in [0.25, 0.3) is 92.1 Å². The molecule has 0 N–H and O–H groups in total. The number of nitriles is 2. The van der Waals surface area contributed by atoms with Crippen molar-refractivity contribution in [2.75, 3.05) is 0 Å². The second kappa shape index (κ2) is 12.7. The van der Waals surface area contributed by atoms with Crippen LogP contribution in [0.2, 0.25) is 0 Å². The molecule has 0 atom stereocenters. The van der Waals surface area contributed by atoms with Crippen molar-refractivity contribution in [1.29, 1.82) is 10.5 Å². The summed E-state index contributed by atoms with van der Waals surface area (Å²) in [5, 5.41) is 21.3. The van der Waals surface area contributed by atoms with Crippen LogP contribution in [0.5, 0.6) is 0 Å². The number of rotatable bonds is 4. The Morgan fingerprint density at radius 3 is 1.85 bits per heavy atom. The number of pyridine rings is 1. The first-order valence-electron chi connectivity index (χ1n) is 16.0. The monoisotopic (exact) mass is 660 g/mol. The maximum atomic E-state index is 9.62. The number of fused-ring (bicyclic) bond motifs is 5. The summed E-state index contributed by atoms with van der Waals surface area (Å²) >= 11 is 0. The number of benzene rings is 6. The third kappa shape index (κ3) is 5.27. The Morgan fingerprint density at radius 1 is 0.462 bits per heavy atom. The van der Waals surface area contributed by atoms with Crippen LogP contribution in [-0.2, 0) is 0 Å². The topological polar surface area (TPSA) is 99.3 Å². The van der Waals surface area contributed by atoms with Gasteiger partial charge in [-0.1, -0.05) is 72.8 Å². The van der Waals surface area contributed by atoms with Crippen LogP contribution in [0.3, 0.4) is 0 Å². The molecule has 0 aliphatic heterocycles. The Morgan fingerprint density at radius 2 is 1.13 bits per heavy atom. The van der Waals surface area contributed by atoms with Crippen LogP contribution in [0.4, 0.5) is 17.1 Å². The smallest absolute Gasteiger partial charge is 0.199 e. The van der Waals surface area contributed by atoms with E-state index < -0.39 is 0 Å². The summed E-state index contributed by atoms with van der Waals surface area (Å²) in [6.07, 6.45) is 0. The number of para-hydroxylation sites is 1. The molecule has 0 aliphatic rings. The molecule has 8 nitrogen and oxygen atoms in total. The molecule has 8 aromatic rings. The molecule has 8 heteroatoms. The quantitative estimate of drug-likeness (QED) is 0.138. The van der Waals surface area contributed by atoms with E-state index in [0.717, 1.165) is 38.6 Å². The van der Waals surface area contributed by atoms with Gasteiger partial charge in [-0.15, -0.1) is 0 Å². The van der Waals surface area contributed by atoms with Gasteiger partial charge in [0.1, 0.15) is 0 Å². The average molecular weight is 661 g/mol. The molecule has 2 heterocycles. The molecule has 0 bridgehead atoms. The van der Waals surface area contributed by atoms with Crippen molar-refractivity contribution >= 4 is 49.8 Å². The Bertz CT molecular complexity index is 2970. The average Bonchev–Trinajstić information content (AvgIpc) is 3.22. The molecule has 6 aromatic carbocycles. The molecule has 0 aliphatic carbocycles. The van der Waals surface area contributed by atoms with Crippen LogP contribution < -0.4 is 0 Å². The molecule has 0 unspecified atom stereocenters. The van der Waals surface area contributed by atoms with E-state index in [-0.39, 0.29) is 0 Å². The van der Waals surface area contributed by atoms with Gasteiger partial charge in [0.05, 0.1) is 71.1 Å². The van der Waals surface area contributed by atoms with Crippen molar-refractivity contribution in [2.45, 2.75) is 0 Å². The molecule has 0 spiro atoms. The second-order valence-corrected chi connectivity index (χ2v) is 11.9. The minimum atomic E-state index is 0.359. The molecular formula is C44H20N8. The van der Waals surface area contributed by atoms with E-state index in [0.29, 0.717) is 67.2 Å². The fourth-order valence-electron chi connectivity index (χ4n) is 6.49. The fourth-order valence-corrected chi connectivity index (χ4v) is 6.49. The lowest BCUT2D eigenvalue weighted by molar-refractivity contribution is 1.30. The van der Waals surface area contributed by atoms with Gasteiger partial charge in [0.25, 0.3) is 0 Å². The molecule has 52 heavy (non-hydrogen) atoms. The Kier molecular flexibility index (Phi) is 7.57. The van der Waals surface area contributed by atoms with Crippen LogP contribution >= 0.6 is 0 Å². The summed E-state index contributed by atoms with van der Waals surface area (Å²) < 4.78 is 0. The summed E-state index contributed by atoms with van der Waals surface area (Å²) in [4.78, 5) is 26.7. The summed E-state index contributed by atoms with van der Waals surface area (Å²) in [6, 6.07) is 40.9. The predicted octanol–water partition coefficient (Wildman–Crippen LogP) is 11.4. The molecule has 2 aromatic heterocycles. The highest BCUT2D eigenvalue weighted by Gasteiger charge is 2.22. The highest BCUT2D eigenvalue weighted by molar-refractivity contribution is 6.25.